The van der Waals surface area contributed by atoms with E-state index in [2.05, 4.69) is 19.5 Å². The number of hydrogen-bond donors (Lipinski definition) is 3. The summed E-state index contributed by atoms with van der Waals surface area (Å²) in [7, 11) is 3.71. The lowest BCUT2D eigenvalue weighted by Crippen LogP contribution is -2.59. The Hall–Kier alpha value is -3.49. The van der Waals surface area contributed by atoms with Crippen molar-refractivity contribution in [3.63, 3.8) is 0 Å². The van der Waals surface area contributed by atoms with Crippen LogP contribution < -0.4 is 5.73 Å². The SMILES string of the molecule is CC[C@H]1OC(=O)[C@H](C)C(=O)[C@H](C)[C@@H](O[C@@H]2O[C@H](C)C[C@H](N(C)C)[C@H]2O)[C@@]2(C)C[C@@H](C)C(=O)C[C@H](OC/C(=N\OCc3ccc(-c4nc(N)ns4)cn3)CO2)[C@]1(C)O. The molecule has 0 unspecified atom stereocenters. The number of nitrogens with two attached hydrogens (primary N) is 1. The molecule has 2 aromatic rings. The number of Topliss-reactive ketones (excluding diaryl/α,β-unsaturated/α-hetero) is 2. The molecule has 0 spiro atoms. The molecule has 0 aromatic carbocycles. The van der Waals surface area contributed by atoms with Crippen LogP contribution in [-0.2, 0) is 49.5 Å². The highest BCUT2D eigenvalue weighted by atomic mass is 32.1. The number of hydrogen-bond acceptors (Lipinski definition) is 18. The molecule has 4 N–H and O–H groups in total. The molecule has 5 rings (SSSR count). The van der Waals surface area contributed by atoms with Crippen molar-refractivity contribution in [2.45, 2.75) is 135 Å². The molecule has 0 radical (unpaired) electrons. The number of carbonyl (C=O) groups is 3. The van der Waals surface area contributed by atoms with E-state index in [0.29, 0.717) is 17.1 Å². The molecule has 0 aliphatic carbocycles. The molecule has 3 saturated heterocycles. The maximum absolute atomic E-state index is 14.3. The Morgan fingerprint density at radius 2 is 1.86 bits per heavy atom. The number of esters is 1. The van der Waals surface area contributed by atoms with Gasteiger partial charge in [0.15, 0.2) is 18.7 Å². The number of likely N-dealkylation sites (N-methyl/N-ethyl adjacent to an activating group) is 1. The monoisotopic (exact) mass is 818 g/mol. The fraction of sp³-hybridized carbons (Fsp3) is 0.718. The lowest BCUT2D eigenvalue weighted by Gasteiger charge is -2.47. The number of carbonyl (C=O) groups excluding carboxylic acids is 3. The number of cyclic esters (lactones) is 1. The quantitative estimate of drug-likeness (QED) is 0.198. The van der Waals surface area contributed by atoms with Crippen LogP contribution in [0.15, 0.2) is 23.5 Å². The molecule has 18 heteroatoms. The average molecular weight is 819 g/mol. The zero-order valence-corrected chi connectivity index (χ0v) is 35.1. The molecule has 316 valence electrons. The summed E-state index contributed by atoms with van der Waals surface area (Å²) in [5.41, 5.74) is 3.94. The fourth-order valence-corrected chi connectivity index (χ4v) is 8.41. The Bertz CT molecular complexity index is 1740. The molecular weight excluding hydrogens is 761 g/mol. The summed E-state index contributed by atoms with van der Waals surface area (Å²) in [6.07, 6.45) is -3.88. The molecule has 3 aliphatic rings. The summed E-state index contributed by atoms with van der Waals surface area (Å²) in [4.78, 5) is 58.3. The molecule has 17 nitrogen and oxygen atoms in total. The number of fused-ring (bicyclic) bond motifs is 5. The maximum atomic E-state index is 14.3. The van der Waals surface area contributed by atoms with E-state index in [-0.39, 0.29) is 68.7 Å². The molecule has 2 aromatic heterocycles. The van der Waals surface area contributed by atoms with Crippen molar-refractivity contribution in [1.82, 2.24) is 19.2 Å². The summed E-state index contributed by atoms with van der Waals surface area (Å²) >= 11 is 1.16. The van der Waals surface area contributed by atoms with Gasteiger partial charge in [-0.05, 0) is 84.7 Å². The zero-order chi connectivity index (χ0) is 41.8. The van der Waals surface area contributed by atoms with E-state index < -0.39 is 71.4 Å². The first-order valence-corrected chi connectivity index (χ1v) is 20.2. The third-order valence-corrected chi connectivity index (χ3v) is 12.1. The van der Waals surface area contributed by atoms with Crippen LogP contribution in [0.25, 0.3) is 10.6 Å². The first kappa shape index (κ1) is 44.6. The van der Waals surface area contributed by atoms with Gasteiger partial charge in [0, 0.05) is 36.1 Å². The van der Waals surface area contributed by atoms with Gasteiger partial charge in [-0.1, -0.05) is 25.9 Å². The minimum absolute atomic E-state index is 0.0267. The minimum Gasteiger partial charge on any atom is -0.459 e. The topological polar surface area (TPSA) is 227 Å². The normalized spacial score (nSPS) is 37.0. The summed E-state index contributed by atoms with van der Waals surface area (Å²) in [5, 5.41) is 28.5. The molecule has 0 amide bonds. The van der Waals surface area contributed by atoms with Gasteiger partial charge in [0.2, 0.25) is 5.95 Å². The van der Waals surface area contributed by atoms with Gasteiger partial charge in [-0.25, -0.2) is 0 Å². The second-order valence-electron chi connectivity index (χ2n) is 16.2. The largest absolute Gasteiger partial charge is 0.459 e. The molecule has 5 heterocycles. The van der Waals surface area contributed by atoms with Gasteiger partial charge in [-0.15, -0.1) is 0 Å². The van der Waals surface area contributed by atoms with Crippen LogP contribution in [0.4, 0.5) is 5.95 Å². The Balaban J connectivity index is 1.54. The predicted octanol–water partition coefficient (Wildman–Crippen LogP) is 2.95. The van der Waals surface area contributed by atoms with E-state index in [0.717, 1.165) is 17.1 Å². The fourth-order valence-electron chi connectivity index (χ4n) is 7.83. The van der Waals surface area contributed by atoms with E-state index >= 15 is 0 Å². The standard InChI is InChI=1S/C39H58N6O11S/c1-10-29-39(7,50)30-14-28(46)20(2)15-38(6,52-18-26(17-51-30)43-53-19-25-12-11-24(16-41-25)34-42-37(40)44-57-34)33(22(4)31(47)23(5)35(49)55-29)56-36-32(48)27(45(8)9)13-21(3)54-36/h11-12,16,20-23,27,29-30,32-33,36,48,50H,10,13-15,17-19H2,1-9H3,(H2,40,44)/b43-26+/t20-,21-,22+,23-,27+,29-,30+,32-,33-,36+,38-,39-/m1/s1. The van der Waals surface area contributed by atoms with E-state index in [1.807, 2.05) is 32.0 Å². The number of aliphatic hydroxyl groups is 2. The summed E-state index contributed by atoms with van der Waals surface area (Å²) in [6.45, 7) is 11.1. The number of aromatic nitrogens is 3. The Morgan fingerprint density at radius 1 is 1.12 bits per heavy atom. The highest BCUT2D eigenvalue weighted by Crippen LogP contribution is 2.39. The van der Waals surface area contributed by atoms with Gasteiger partial charge in [-0.2, -0.15) is 9.36 Å². The van der Waals surface area contributed by atoms with Crippen LogP contribution in [-0.4, -0.2) is 134 Å². The molecule has 57 heavy (non-hydrogen) atoms. The number of rotatable bonds is 8. The van der Waals surface area contributed by atoms with Crippen molar-refractivity contribution in [3.05, 3.63) is 24.0 Å². The Kier molecular flexibility index (Phi) is 14.6. The predicted molar refractivity (Wildman–Crippen MR) is 209 cm³/mol. The van der Waals surface area contributed by atoms with Crippen LogP contribution >= 0.6 is 11.5 Å². The number of nitrogen functional groups attached to an aromatic ring is 1. The Labute approximate surface area is 337 Å². The van der Waals surface area contributed by atoms with Crippen LogP contribution in [0.2, 0.25) is 0 Å². The summed E-state index contributed by atoms with van der Waals surface area (Å²) in [5.74, 6) is -4.40. The number of pyridine rings is 1. The van der Waals surface area contributed by atoms with Gasteiger partial charge < -0.3 is 49.4 Å². The van der Waals surface area contributed by atoms with E-state index in [1.54, 1.807) is 40.0 Å². The van der Waals surface area contributed by atoms with Gasteiger partial charge in [0.25, 0.3) is 0 Å². The Morgan fingerprint density at radius 3 is 2.49 bits per heavy atom. The second-order valence-corrected chi connectivity index (χ2v) is 17.0. The minimum atomic E-state index is -1.86. The molecule has 2 bridgehead atoms. The van der Waals surface area contributed by atoms with E-state index in [9.17, 15) is 24.6 Å². The van der Waals surface area contributed by atoms with Crippen LogP contribution in [0.5, 0.6) is 0 Å². The number of nitrogens with zero attached hydrogens (tertiary/aromatic N) is 5. The van der Waals surface area contributed by atoms with Crippen molar-refractivity contribution in [3.8, 4) is 10.6 Å². The lowest BCUT2D eigenvalue weighted by atomic mass is 9.76. The van der Waals surface area contributed by atoms with Crippen molar-refractivity contribution >= 4 is 40.7 Å². The van der Waals surface area contributed by atoms with E-state index in [1.165, 1.54) is 13.8 Å². The van der Waals surface area contributed by atoms with Crippen molar-refractivity contribution in [2.75, 3.05) is 33.0 Å². The first-order valence-electron chi connectivity index (χ1n) is 19.5. The second kappa shape index (κ2) is 18.6. The highest BCUT2D eigenvalue weighted by Gasteiger charge is 2.52. The van der Waals surface area contributed by atoms with Crippen molar-refractivity contribution < 1.29 is 53.1 Å². The van der Waals surface area contributed by atoms with Crippen LogP contribution in [0.3, 0.4) is 0 Å². The van der Waals surface area contributed by atoms with Crippen LogP contribution in [0, 0.1) is 17.8 Å². The number of ether oxygens (including phenoxy) is 5. The average Bonchev–Trinajstić information content (AvgIpc) is 3.60. The van der Waals surface area contributed by atoms with Crippen molar-refractivity contribution in [1.29, 1.82) is 0 Å². The maximum Gasteiger partial charge on any atom is 0.316 e. The van der Waals surface area contributed by atoms with Crippen molar-refractivity contribution in [2.24, 2.45) is 22.9 Å². The van der Waals surface area contributed by atoms with Gasteiger partial charge in [0.05, 0.1) is 42.8 Å². The molecular formula is C39H58N6O11S. The first-order chi connectivity index (χ1) is 26.8. The number of oxime groups is 1. The third kappa shape index (κ3) is 10.4. The number of anilines is 1. The lowest BCUT2D eigenvalue weighted by molar-refractivity contribution is -0.296. The van der Waals surface area contributed by atoms with Gasteiger partial charge >= 0.3 is 5.97 Å². The summed E-state index contributed by atoms with van der Waals surface area (Å²) in [6, 6.07) is 3.25. The smallest absolute Gasteiger partial charge is 0.316 e. The molecule has 0 saturated carbocycles. The zero-order valence-electron chi connectivity index (χ0n) is 34.2. The molecule has 12 atom stereocenters. The molecule has 3 fully saturated rings. The van der Waals surface area contributed by atoms with Gasteiger partial charge in [-0.3, -0.25) is 19.4 Å². The van der Waals surface area contributed by atoms with Crippen LogP contribution in [0.1, 0.15) is 79.8 Å². The van der Waals surface area contributed by atoms with E-state index in [4.69, 9.17) is 34.3 Å². The third-order valence-electron chi connectivity index (χ3n) is 11.4. The molecule has 3 aliphatic heterocycles. The van der Waals surface area contributed by atoms with Gasteiger partial charge in [0.1, 0.15) is 40.2 Å². The number of ketones is 2. The highest BCUT2D eigenvalue weighted by molar-refractivity contribution is 7.09. The summed E-state index contributed by atoms with van der Waals surface area (Å²) < 4.78 is 35.7. The number of aliphatic hydroxyl groups excluding tert-OH is 1.